The zero-order chi connectivity index (χ0) is 9.14. The summed E-state index contributed by atoms with van der Waals surface area (Å²) in [7, 11) is 0. The van der Waals surface area contributed by atoms with E-state index in [0.29, 0.717) is 25.4 Å². The number of hydrogen-bond donors (Lipinski definition) is 1. The monoisotopic (exact) mass is 172 g/mol. The van der Waals surface area contributed by atoms with Crippen molar-refractivity contribution in [2.45, 2.75) is 32.8 Å². The molecule has 0 radical (unpaired) electrons. The van der Waals surface area contributed by atoms with Gasteiger partial charge >= 0.3 is 5.97 Å². The summed E-state index contributed by atoms with van der Waals surface area (Å²) in [5.41, 5.74) is 0. The Labute approximate surface area is 72.7 Å². The van der Waals surface area contributed by atoms with Crippen molar-refractivity contribution in [2.24, 2.45) is 11.8 Å². The molecule has 0 spiro atoms. The normalized spacial score (nSPS) is 30.6. The summed E-state index contributed by atoms with van der Waals surface area (Å²) < 4.78 is 5.46. The first kappa shape index (κ1) is 9.52. The number of carboxylic acid groups (broad SMARTS) is 1. The molecule has 0 amide bonds. The van der Waals surface area contributed by atoms with Gasteiger partial charge in [-0.25, -0.2) is 0 Å². The number of carbonyl (C=O) groups is 1. The number of rotatable bonds is 2. The second-order valence-corrected chi connectivity index (χ2v) is 3.71. The summed E-state index contributed by atoms with van der Waals surface area (Å²) >= 11 is 0. The van der Waals surface area contributed by atoms with Crippen LogP contribution in [0.3, 0.4) is 0 Å². The number of hydrogen-bond acceptors (Lipinski definition) is 2. The van der Waals surface area contributed by atoms with Crippen molar-refractivity contribution in [3.8, 4) is 0 Å². The number of carboxylic acids is 1. The van der Waals surface area contributed by atoms with Crippen molar-refractivity contribution >= 4 is 5.97 Å². The minimum absolute atomic E-state index is 0.139. The lowest BCUT2D eigenvalue weighted by molar-refractivity contribution is -0.148. The summed E-state index contributed by atoms with van der Waals surface area (Å²) in [5.74, 6) is -0.442. The lowest BCUT2D eigenvalue weighted by Gasteiger charge is -2.29. The zero-order valence-corrected chi connectivity index (χ0v) is 7.62. The van der Waals surface area contributed by atoms with Crippen molar-refractivity contribution in [3.05, 3.63) is 0 Å². The standard InChI is InChI=1S/C9H16O3/c1-6(2)8-5-7(9(10)11)3-4-12-8/h6-8H,3-5H2,1-2H3,(H,10,11)/t7-,8-/m0/s1. The van der Waals surface area contributed by atoms with Crippen LogP contribution in [0.15, 0.2) is 0 Å². The van der Waals surface area contributed by atoms with Crippen LogP contribution in [-0.4, -0.2) is 23.8 Å². The summed E-state index contributed by atoms with van der Waals surface area (Å²) in [6.45, 7) is 4.73. The summed E-state index contributed by atoms with van der Waals surface area (Å²) in [6.07, 6.45) is 1.48. The van der Waals surface area contributed by atoms with Crippen molar-refractivity contribution in [3.63, 3.8) is 0 Å². The molecule has 1 rings (SSSR count). The molecule has 2 atom stereocenters. The molecular formula is C9H16O3. The van der Waals surface area contributed by atoms with Gasteiger partial charge in [-0.1, -0.05) is 13.8 Å². The molecule has 0 aliphatic carbocycles. The van der Waals surface area contributed by atoms with Crippen LogP contribution in [0.4, 0.5) is 0 Å². The van der Waals surface area contributed by atoms with Crippen LogP contribution in [-0.2, 0) is 9.53 Å². The van der Waals surface area contributed by atoms with E-state index in [9.17, 15) is 4.79 Å². The van der Waals surface area contributed by atoms with Crippen molar-refractivity contribution < 1.29 is 14.6 Å². The van der Waals surface area contributed by atoms with Crippen LogP contribution < -0.4 is 0 Å². The summed E-state index contributed by atoms with van der Waals surface area (Å²) in [4.78, 5) is 10.7. The van der Waals surface area contributed by atoms with Gasteiger partial charge < -0.3 is 9.84 Å². The van der Waals surface area contributed by atoms with E-state index < -0.39 is 5.97 Å². The third kappa shape index (κ3) is 2.21. The molecule has 1 N–H and O–H groups in total. The maximum Gasteiger partial charge on any atom is 0.306 e. The predicted octanol–water partition coefficient (Wildman–Crippen LogP) is 1.52. The van der Waals surface area contributed by atoms with Crippen LogP contribution in [0.2, 0.25) is 0 Å². The van der Waals surface area contributed by atoms with Crippen LogP contribution in [0.5, 0.6) is 0 Å². The second-order valence-electron chi connectivity index (χ2n) is 3.71. The Morgan fingerprint density at radius 1 is 1.58 bits per heavy atom. The highest BCUT2D eigenvalue weighted by Crippen LogP contribution is 2.24. The lowest BCUT2D eigenvalue weighted by Crippen LogP contribution is -2.33. The van der Waals surface area contributed by atoms with Crippen LogP contribution in [0, 0.1) is 11.8 Å². The van der Waals surface area contributed by atoms with Gasteiger partial charge in [0.05, 0.1) is 12.0 Å². The Balaban J connectivity index is 2.46. The van der Waals surface area contributed by atoms with Crippen LogP contribution >= 0.6 is 0 Å². The van der Waals surface area contributed by atoms with E-state index in [1.54, 1.807) is 0 Å². The fourth-order valence-corrected chi connectivity index (χ4v) is 1.52. The molecule has 0 saturated carbocycles. The van der Waals surface area contributed by atoms with Gasteiger partial charge in [0.1, 0.15) is 0 Å². The second kappa shape index (κ2) is 3.90. The molecule has 0 unspecified atom stereocenters. The van der Waals surface area contributed by atoms with E-state index in [1.165, 1.54) is 0 Å². The average molecular weight is 172 g/mol. The SMILES string of the molecule is CC(C)[C@@H]1C[C@@H](C(=O)O)CCO1. The minimum atomic E-state index is -0.677. The molecule has 1 aliphatic heterocycles. The Kier molecular flexibility index (Phi) is 3.09. The third-order valence-corrected chi connectivity index (χ3v) is 2.41. The Morgan fingerprint density at radius 3 is 2.75 bits per heavy atom. The smallest absolute Gasteiger partial charge is 0.306 e. The first-order chi connectivity index (χ1) is 5.61. The predicted molar refractivity (Wildman–Crippen MR) is 44.9 cm³/mol. The van der Waals surface area contributed by atoms with Gasteiger partial charge in [0.15, 0.2) is 0 Å². The van der Waals surface area contributed by atoms with Crippen LogP contribution in [0.25, 0.3) is 0 Å². The average Bonchev–Trinajstić information content (AvgIpc) is 2.04. The van der Waals surface area contributed by atoms with Gasteiger partial charge in [-0.05, 0) is 18.8 Å². The van der Waals surface area contributed by atoms with E-state index in [0.717, 1.165) is 0 Å². The van der Waals surface area contributed by atoms with Crippen molar-refractivity contribution in [2.75, 3.05) is 6.61 Å². The molecule has 1 fully saturated rings. The minimum Gasteiger partial charge on any atom is -0.481 e. The fourth-order valence-electron chi connectivity index (χ4n) is 1.52. The third-order valence-electron chi connectivity index (χ3n) is 2.41. The van der Waals surface area contributed by atoms with E-state index >= 15 is 0 Å². The highest BCUT2D eigenvalue weighted by atomic mass is 16.5. The highest BCUT2D eigenvalue weighted by Gasteiger charge is 2.28. The Hall–Kier alpha value is -0.570. The van der Waals surface area contributed by atoms with Gasteiger partial charge in [-0.15, -0.1) is 0 Å². The van der Waals surface area contributed by atoms with Crippen molar-refractivity contribution in [1.29, 1.82) is 0 Å². The van der Waals surface area contributed by atoms with Gasteiger partial charge in [0, 0.05) is 6.61 Å². The summed E-state index contributed by atoms with van der Waals surface area (Å²) in [5, 5.41) is 8.78. The lowest BCUT2D eigenvalue weighted by atomic mass is 9.90. The molecule has 0 bridgehead atoms. The molecule has 0 aromatic rings. The van der Waals surface area contributed by atoms with Gasteiger partial charge in [-0.3, -0.25) is 4.79 Å². The van der Waals surface area contributed by atoms with E-state index in [2.05, 4.69) is 13.8 Å². The van der Waals surface area contributed by atoms with E-state index in [4.69, 9.17) is 9.84 Å². The molecular weight excluding hydrogens is 156 g/mol. The molecule has 0 aromatic carbocycles. The van der Waals surface area contributed by atoms with Crippen LogP contribution in [0.1, 0.15) is 26.7 Å². The fraction of sp³-hybridized carbons (Fsp3) is 0.889. The molecule has 0 aromatic heterocycles. The Bertz CT molecular complexity index is 165. The molecule has 70 valence electrons. The topological polar surface area (TPSA) is 46.5 Å². The van der Waals surface area contributed by atoms with E-state index in [-0.39, 0.29) is 12.0 Å². The number of aliphatic carboxylic acids is 1. The quantitative estimate of drug-likeness (QED) is 0.687. The zero-order valence-electron chi connectivity index (χ0n) is 7.62. The summed E-state index contributed by atoms with van der Waals surface area (Å²) in [6, 6.07) is 0. The molecule has 1 saturated heterocycles. The van der Waals surface area contributed by atoms with E-state index in [1.807, 2.05) is 0 Å². The molecule has 3 heteroatoms. The van der Waals surface area contributed by atoms with Gasteiger partial charge in [-0.2, -0.15) is 0 Å². The van der Waals surface area contributed by atoms with Gasteiger partial charge in [0.2, 0.25) is 0 Å². The molecule has 1 heterocycles. The highest BCUT2D eigenvalue weighted by molar-refractivity contribution is 5.70. The maximum absolute atomic E-state index is 10.7. The number of ether oxygens (including phenoxy) is 1. The molecule has 1 aliphatic rings. The van der Waals surface area contributed by atoms with Crippen molar-refractivity contribution in [1.82, 2.24) is 0 Å². The Morgan fingerprint density at radius 2 is 2.25 bits per heavy atom. The first-order valence-corrected chi connectivity index (χ1v) is 4.45. The molecule has 12 heavy (non-hydrogen) atoms. The molecule has 3 nitrogen and oxygen atoms in total. The first-order valence-electron chi connectivity index (χ1n) is 4.45. The largest absolute Gasteiger partial charge is 0.481 e. The van der Waals surface area contributed by atoms with Gasteiger partial charge in [0.25, 0.3) is 0 Å². The maximum atomic E-state index is 10.7.